The van der Waals surface area contributed by atoms with Gasteiger partial charge < -0.3 is 0 Å². The predicted molar refractivity (Wildman–Crippen MR) is 87.4 cm³/mol. The molecule has 2 aromatic carbocycles. The zero-order chi connectivity index (χ0) is 19.6. The van der Waals surface area contributed by atoms with Crippen molar-refractivity contribution in [2.24, 2.45) is 0 Å². The predicted octanol–water partition coefficient (Wildman–Crippen LogP) is 2.50. The fourth-order valence-electron chi connectivity index (χ4n) is 2.31. The van der Waals surface area contributed by atoms with Crippen LogP contribution in [0.1, 0.15) is 5.56 Å². The minimum Gasteiger partial charge on any atom is -0.292 e. The van der Waals surface area contributed by atoms with E-state index in [1.807, 2.05) is 0 Å². The number of hydrazine groups is 1. The number of hydrogen-bond donors (Lipinski definition) is 2. The van der Waals surface area contributed by atoms with Gasteiger partial charge in [0.2, 0.25) is 0 Å². The molecule has 2 N–H and O–H groups in total. The summed E-state index contributed by atoms with van der Waals surface area (Å²) in [5, 5.41) is 18.7. The van der Waals surface area contributed by atoms with E-state index >= 15 is 0 Å². The Labute approximate surface area is 148 Å². The van der Waals surface area contributed by atoms with Crippen molar-refractivity contribution >= 4 is 28.3 Å². The number of fused-ring (bicyclic) bond motifs is 1. The van der Waals surface area contributed by atoms with E-state index in [0.717, 1.165) is 6.07 Å². The summed E-state index contributed by atoms with van der Waals surface area (Å²) in [5.74, 6) is -0.625. The Hall–Kier alpha value is -3.70. The van der Waals surface area contributed by atoms with E-state index in [0.29, 0.717) is 23.2 Å². The van der Waals surface area contributed by atoms with Crippen LogP contribution in [0.3, 0.4) is 0 Å². The number of rotatable bonds is 5. The van der Waals surface area contributed by atoms with E-state index in [2.05, 4.69) is 21.2 Å². The van der Waals surface area contributed by atoms with Crippen molar-refractivity contribution in [2.45, 2.75) is 12.7 Å². The number of carbonyl (C=O) groups is 1. The Morgan fingerprint density at radius 1 is 1.22 bits per heavy atom. The van der Waals surface area contributed by atoms with Crippen LogP contribution in [0.4, 0.5) is 24.5 Å². The van der Waals surface area contributed by atoms with E-state index < -0.39 is 28.3 Å². The molecular weight excluding hydrogens is 369 g/mol. The minimum absolute atomic E-state index is 0.248. The van der Waals surface area contributed by atoms with Crippen LogP contribution >= 0.6 is 0 Å². The normalized spacial score (nSPS) is 11.4. The first-order valence-corrected chi connectivity index (χ1v) is 7.44. The molecule has 1 aromatic heterocycles. The molecule has 0 fully saturated rings. The number of carbonyl (C=O) groups excluding carboxylic acids is 1. The molecule has 3 aromatic rings. The fourth-order valence-corrected chi connectivity index (χ4v) is 2.31. The molecule has 0 unspecified atom stereocenters. The molecule has 0 radical (unpaired) electrons. The molecule has 0 aliphatic carbocycles. The summed E-state index contributed by atoms with van der Waals surface area (Å²) in [6.07, 6.45) is -4.72. The van der Waals surface area contributed by atoms with Gasteiger partial charge in [-0.1, -0.05) is 17.3 Å². The van der Waals surface area contributed by atoms with E-state index in [-0.39, 0.29) is 12.2 Å². The van der Waals surface area contributed by atoms with Crippen LogP contribution in [0, 0.1) is 10.1 Å². The lowest BCUT2D eigenvalue weighted by Gasteiger charge is -2.11. The lowest BCUT2D eigenvalue weighted by Crippen LogP contribution is -2.33. The summed E-state index contributed by atoms with van der Waals surface area (Å²) in [5.41, 5.74) is 3.36. The number of nitro benzene ring substituents is 1. The van der Waals surface area contributed by atoms with Crippen LogP contribution in [0.5, 0.6) is 0 Å². The van der Waals surface area contributed by atoms with Crippen molar-refractivity contribution in [1.82, 2.24) is 20.4 Å². The Morgan fingerprint density at radius 3 is 2.67 bits per heavy atom. The zero-order valence-electron chi connectivity index (χ0n) is 13.4. The molecule has 3 rings (SSSR count). The molecule has 0 aliphatic heterocycles. The maximum absolute atomic E-state index is 12.7. The number of aromatic nitrogens is 3. The molecule has 0 saturated heterocycles. The van der Waals surface area contributed by atoms with Gasteiger partial charge >= 0.3 is 6.18 Å². The van der Waals surface area contributed by atoms with E-state index in [4.69, 9.17) is 0 Å². The average molecular weight is 380 g/mol. The molecule has 0 spiro atoms. The third kappa shape index (κ3) is 3.94. The number of benzene rings is 2. The second kappa shape index (κ2) is 6.90. The van der Waals surface area contributed by atoms with Gasteiger partial charge in [0.1, 0.15) is 17.7 Å². The second-order valence-electron chi connectivity index (χ2n) is 5.40. The summed E-state index contributed by atoms with van der Waals surface area (Å²) >= 11 is 0. The van der Waals surface area contributed by atoms with Gasteiger partial charge in [0.25, 0.3) is 11.6 Å². The summed E-state index contributed by atoms with van der Waals surface area (Å²) in [6, 6.07) is 8.84. The zero-order valence-corrected chi connectivity index (χ0v) is 13.4. The Balaban J connectivity index is 1.72. The number of nitro groups is 1. The Morgan fingerprint density at radius 2 is 1.96 bits per heavy atom. The molecule has 0 bridgehead atoms. The van der Waals surface area contributed by atoms with Crippen molar-refractivity contribution in [3.05, 3.63) is 58.1 Å². The quantitative estimate of drug-likeness (QED) is 0.519. The molecule has 1 heterocycles. The van der Waals surface area contributed by atoms with Gasteiger partial charge in [0, 0.05) is 6.07 Å². The highest BCUT2D eigenvalue weighted by Crippen LogP contribution is 2.34. The first kappa shape index (κ1) is 18.1. The second-order valence-corrected chi connectivity index (χ2v) is 5.40. The van der Waals surface area contributed by atoms with Crippen LogP contribution in [-0.4, -0.2) is 25.8 Å². The van der Waals surface area contributed by atoms with Gasteiger partial charge in [0.15, 0.2) is 0 Å². The molecule has 12 heteroatoms. The summed E-state index contributed by atoms with van der Waals surface area (Å²) in [7, 11) is 0. The van der Waals surface area contributed by atoms with Crippen molar-refractivity contribution in [3.8, 4) is 0 Å². The van der Waals surface area contributed by atoms with E-state index in [1.165, 1.54) is 4.68 Å². The lowest BCUT2D eigenvalue weighted by molar-refractivity contribution is -0.384. The van der Waals surface area contributed by atoms with Crippen LogP contribution in [0.25, 0.3) is 11.0 Å². The minimum atomic E-state index is -4.72. The molecule has 9 nitrogen and oxygen atoms in total. The maximum atomic E-state index is 12.7. The van der Waals surface area contributed by atoms with Crippen LogP contribution in [0.2, 0.25) is 0 Å². The number of anilines is 1. The molecular formula is C15H11F3N6O3. The van der Waals surface area contributed by atoms with Crippen molar-refractivity contribution in [1.29, 1.82) is 0 Å². The SMILES string of the molecule is O=C(Cn1nnc2ccccc21)NNc1ccc(C(F)(F)F)cc1[N+](=O)[O-]. The first-order valence-electron chi connectivity index (χ1n) is 7.44. The van der Waals surface area contributed by atoms with Crippen molar-refractivity contribution < 1.29 is 22.9 Å². The van der Waals surface area contributed by atoms with Crippen LogP contribution in [0.15, 0.2) is 42.5 Å². The molecule has 0 saturated carbocycles. The number of para-hydroxylation sites is 1. The van der Waals surface area contributed by atoms with Gasteiger partial charge in [-0.05, 0) is 24.3 Å². The average Bonchev–Trinajstić information content (AvgIpc) is 3.02. The summed E-state index contributed by atoms with van der Waals surface area (Å²) in [4.78, 5) is 22.1. The lowest BCUT2D eigenvalue weighted by atomic mass is 10.1. The number of nitrogens with one attached hydrogen (secondary N) is 2. The molecule has 140 valence electrons. The highest BCUT2D eigenvalue weighted by atomic mass is 19.4. The topological polar surface area (TPSA) is 115 Å². The number of nitrogens with zero attached hydrogens (tertiary/aromatic N) is 4. The summed E-state index contributed by atoms with van der Waals surface area (Å²) in [6.45, 7) is -0.248. The van der Waals surface area contributed by atoms with Crippen molar-refractivity contribution in [2.75, 3.05) is 5.43 Å². The Bertz CT molecular complexity index is 1020. The number of alkyl halides is 3. The van der Waals surface area contributed by atoms with E-state index in [1.54, 1.807) is 24.3 Å². The smallest absolute Gasteiger partial charge is 0.292 e. The standard InChI is InChI=1S/C15H11F3N6O3/c16-15(17,18)9-5-6-11(13(7-9)24(26)27)19-21-14(25)8-23-12-4-2-1-3-10(12)20-22-23/h1-7,19H,8H2,(H,21,25). The first-order chi connectivity index (χ1) is 12.8. The monoisotopic (exact) mass is 380 g/mol. The van der Waals surface area contributed by atoms with Crippen molar-refractivity contribution in [3.63, 3.8) is 0 Å². The molecule has 1 amide bonds. The van der Waals surface area contributed by atoms with Gasteiger partial charge in [-0.15, -0.1) is 5.10 Å². The number of hydrogen-bond acceptors (Lipinski definition) is 6. The molecule has 0 atom stereocenters. The fraction of sp³-hybridized carbons (Fsp3) is 0.133. The van der Waals surface area contributed by atoms with Gasteiger partial charge in [0.05, 0.1) is 16.0 Å². The van der Waals surface area contributed by atoms with Crippen LogP contribution in [-0.2, 0) is 17.5 Å². The Kier molecular flexibility index (Phi) is 4.62. The highest BCUT2D eigenvalue weighted by Gasteiger charge is 2.33. The van der Waals surface area contributed by atoms with Gasteiger partial charge in [-0.2, -0.15) is 13.2 Å². The van der Waals surface area contributed by atoms with E-state index in [9.17, 15) is 28.1 Å². The third-order valence-corrected chi connectivity index (χ3v) is 3.57. The maximum Gasteiger partial charge on any atom is 0.416 e. The highest BCUT2D eigenvalue weighted by molar-refractivity contribution is 5.81. The van der Waals surface area contributed by atoms with Gasteiger partial charge in [-0.25, -0.2) is 4.68 Å². The largest absolute Gasteiger partial charge is 0.416 e. The van der Waals surface area contributed by atoms with Crippen LogP contribution < -0.4 is 10.9 Å². The van der Waals surface area contributed by atoms with Gasteiger partial charge in [-0.3, -0.25) is 25.8 Å². The summed E-state index contributed by atoms with van der Waals surface area (Å²) < 4.78 is 39.4. The third-order valence-electron chi connectivity index (χ3n) is 3.57. The molecule has 0 aliphatic rings. The molecule has 27 heavy (non-hydrogen) atoms. The number of amides is 1. The number of halogens is 3.